The van der Waals surface area contributed by atoms with Crippen LogP contribution < -0.4 is 5.32 Å². The highest BCUT2D eigenvalue weighted by Crippen LogP contribution is 2.16. The molecule has 0 bridgehead atoms. The molecule has 0 amide bonds. The third-order valence-electron chi connectivity index (χ3n) is 2.73. The van der Waals surface area contributed by atoms with Gasteiger partial charge in [-0.25, -0.2) is 4.79 Å². The summed E-state index contributed by atoms with van der Waals surface area (Å²) in [5.41, 5.74) is 1.60. The lowest BCUT2D eigenvalue weighted by Gasteiger charge is -2.18. The van der Waals surface area contributed by atoms with Crippen molar-refractivity contribution in [2.45, 2.75) is 19.4 Å². The SMILES string of the molecule is C=CC[C@H](NCC(=C)C(=O)OCC)c1ccccc1. The number of hydrogen-bond acceptors (Lipinski definition) is 3. The number of esters is 1. The molecule has 0 aliphatic carbocycles. The Bertz CT molecular complexity index is 426. The van der Waals surface area contributed by atoms with Gasteiger partial charge in [0.25, 0.3) is 0 Å². The second-order valence-electron chi connectivity index (χ2n) is 4.19. The fraction of sp³-hybridized carbons (Fsp3) is 0.312. The van der Waals surface area contributed by atoms with E-state index in [2.05, 4.69) is 18.5 Å². The van der Waals surface area contributed by atoms with Crippen molar-refractivity contribution < 1.29 is 9.53 Å². The summed E-state index contributed by atoms with van der Waals surface area (Å²) in [5, 5.41) is 3.30. The molecule has 0 aromatic heterocycles. The van der Waals surface area contributed by atoms with E-state index in [0.717, 1.165) is 6.42 Å². The maximum atomic E-state index is 11.5. The molecule has 0 heterocycles. The standard InChI is InChI=1S/C16H21NO2/c1-4-9-15(14-10-7-6-8-11-14)17-12-13(3)16(18)19-5-2/h4,6-8,10-11,15,17H,1,3,5,9,12H2,2H3/t15-/m0/s1. The van der Waals surface area contributed by atoms with E-state index in [1.165, 1.54) is 5.56 Å². The second kappa shape index (κ2) is 8.27. The first-order chi connectivity index (χ1) is 9.19. The molecule has 1 aromatic rings. The first-order valence-electron chi connectivity index (χ1n) is 6.43. The van der Waals surface area contributed by atoms with Crippen LogP contribution in [0.3, 0.4) is 0 Å². The molecular weight excluding hydrogens is 238 g/mol. The lowest BCUT2D eigenvalue weighted by Crippen LogP contribution is -2.26. The number of benzene rings is 1. The van der Waals surface area contributed by atoms with Gasteiger partial charge in [0, 0.05) is 18.2 Å². The Balaban J connectivity index is 2.58. The predicted molar refractivity (Wildman–Crippen MR) is 77.8 cm³/mol. The quantitative estimate of drug-likeness (QED) is 0.443. The molecule has 0 unspecified atom stereocenters. The molecule has 0 fully saturated rings. The average Bonchev–Trinajstić information content (AvgIpc) is 2.44. The van der Waals surface area contributed by atoms with Crippen molar-refractivity contribution in [2.75, 3.05) is 13.2 Å². The van der Waals surface area contributed by atoms with Crippen molar-refractivity contribution in [1.29, 1.82) is 0 Å². The van der Waals surface area contributed by atoms with Gasteiger partial charge in [0.05, 0.1) is 6.61 Å². The Labute approximate surface area is 115 Å². The maximum Gasteiger partial charge on any atom is 0.334 e. The minimum Gasteiger partial charge on any atom is -0.463 e. The van der Waals surface area contributed by atoms with Crippen molar-refractivity contribution in [2.24, 2.45) is 0 Å². The van der Waals surface area contributed by atoms with Crippen molar-refractivity contribution >= 4 is 5.97 Å². The van der Waals surface area contributed by atoms with Gasteiger partial charge in [-0.1, -0.05) is 43.0 Å². The van der Waals surface area contributed by atoms with Crippen LogP contribution in [0.25, 0.3) is 0 Å². The Morgan fingerprint density at radius 1 is 1.42 bits per heavy atom. The summed E-state index contributed by atoms with van der Waals surface area (Å²) in [6, 6.07) is 10.2. The summed E-state index contributed by atoms with van der Waals surface area (Å²) in [6.07, 6.45) is 2.65. The molecule has 0 aliphatic heterocycles. The Kier molecular flexibility index (Phi) is 6.61. The molecule has 1 N–H and O–H groups in total. The zero-order valence-corrected chi connectivity index (χ0v) is 11.4. The first-order valence-corrected chi connectivity index (χ1v) is 6.43. The van der Waals surface area contributed by atoms with Gasteiger partial charge in [-0.3, -0.25) is 0 Å². The van der Waals surface area contributed by atoms with Gasteiger partial charge in [-0.05, 0) is 18.9 Å². The van der Waals surface area contributed by atoms with Crippen LogP contribution in [0.15, 0.2) is 55.1 Å². The fourth-order valence-electron chi connectivity index (χ4n) is 1.74. The lowest BCUT2D eigenvalue weighted by atomic mass is 10.0. The monoisotopic (exact) mass is 259 g/mol. The van der Waals surface area contributed by atoms with Crippen molar-refractivity contribution in [1.82, 2.24) is 5.32 Å². The Morgan fingerprint density at radius 2 is 2.11 bits per heavy atom. The number of hydrogen-bond donors (Lipinski definition) is 1. The molecule has 3 heteroatoms. The van der Waals surface area contributed by atoms with Gasteiger partial charge in [-0.15, -0.1) is 6.58 Å². The number of ether oxygens (including phenoxy) is 1. The summed E-state index contributed by atoms with van der Waals surface area (Å²) in [5.74, 6) is -0.347. The third kappa shape index (κ3) is 5.10. The van der Waals surface area contributed by atoms with Crippen LogP contribution >= 0.6 is 0 Å². The molecule has 3 nitrogen and oxygen atoms in total. The molecule has 0 radical (unpaired) electrons. The molecule has 0 aliphatic rings. The molecule has 1 aromatic carbocycles. The predicted octanol–water partition coefficient (Wildman–Crippen LogP) is 3.01. The van der Waals surface area contributed by atoms with Crippen LogP contribution in [0, 0.1) is 0 Å². The molecule has 1 atom stereocenters. The number of nitrogens with one attached hydrogen (secondary N) is 1. The van der Waals surface area contributed by atoms with E-state index >= 15 is 0 Å². The second-order valence-corrected chi connectivity index (χ2v) is 4.19. The Hall–Kier alpha value is -1.87. The van der Waals surface area contributed by atoms with E-state index in [0.29, 0.717) is 18.7 Å². The maximum absolute atomic E-state index is 11.5. The molecule has 102 valence electrons. The van der Waals surface area contributed by atoms with E-state index in [9.17, 15) is 4.79 Å². The lowest BCUT2D eigenvalue weighted by molar-refractivity contribution is -0.138. The summed E-state index contributed by atoms with van der Waals surface area (Å²) >= 11 is 0. The minimum absolute atomic E-state index is 0.130. The minimum atomic E-state index is -0.347. The first kappa shape index (κ1) is 15.2. The van der Waals surface area contributed by atoms with Gasteiger partial charge in [-0.2, -0.15) is 0 Å². The van der Waals surface area contributed by atoms with Crippen LogP contribution in [0.4, 0.5) is 0 Å². The number of carbonyl (C=O) groups is 1. The van der Waals surface area contributed by atoms with Crippen LogP contribution in [0.5, 0.6) is 0 Å². The van der Waals surface area contributed by atoms with Gasteiger partial charge in [0.1, 0.15) is 0 Å². The fourth-order valence-corrected chi connectivity index (χ4v) is 1.74. The summed E-state index contributed by atoms with van der Waals surface area (Å²) in [6.45, 7) is 10.1. The molecule has 19 heavy (non-hydrogen) atoms. The van der Waals surface area contributed by atoms with Gasteiger partial charge in [0.2, 0.25) is 0 Å². The van der Waals surface area contributed by atoms with E-state index in [-0.39, 0.29) is 12.0 Å². The third-order valence-corrected chi connectivity index (χ3v) is 2.73. The van der Waals surface area contributed by atoms with Crippen molar-refractivity contribution in [3.05, 3.63) is 60.7 Å². The molecule has 0 spiro atoms. The highest BCUT2D eigenvalue weighted by atomic mass is 16.5. The molecule has 1 rings (SSSR count). The van der Waals surface area contributed by atoms with E-state index in [1.54, 1.807) is 6.92 Å². The summed E-state index contributed by atoms with van der Waals surface area (Å²) in [4.78, 5) is 11.5. The zero-order valence-electron chi connectivity index (χ0n) is 11.4. The molecule has 0 saturated heterocycles. The van der Waals surface area contributed by atoms with Crippen LogP contribution in [-0.4, -0.2) is 19.1 Å². The summed E-state index contributed by atoms with van der Waals surface area (Å²) in [7, 11) is 0. The van der Waals surface area contributed by atoms with Crippen molar-refractivity contribution in [3.63, 3.8) is 0 Å². The highest BCUT2D eigenvalue weighted by Gasteiger charge is 2.12. The average molecular weight is 259 g/mol. The van der Waals surface area contributed by atoms with E-state index < -0.39 is 0 Å². The number of rotatable bonds is 8. The molecule has 0 saturated carbocycles. The largest absolute Gasteiger partial charge is 0.463 e. The van der Waals surface area contributed by atoms with Crippen molar-refractivity contribution in [3.8, 4) is 0 Å². The highest BCUT2D eigenvalue weighted by molar-refractivity contribution is 5.88. The molecular formula is C16H21NO2. The zero-order chi connectivity index (χ0) is 14.1. The van der Waals surface area contributed by atoms with Crippen LogP contribution in [0.2, 0.25) is 0 Å². The smallest absolute Gasteiger partial charge is 0.334 e. The summed E-state index contributed by atoms with van der Waals surface area (Å²) < 4.78 is 4.90. The van der Waals surface area contributed by atoms with Gasteiger partial charge in [0.15, 0.2) is 0 Å². The van der Waals surface area contributed by atoms with Gasteiger partial charge >= 0.3 is 5.97 Å². The van der Waals surface area contributed by atoms with Gasteiger partial charge < -0.3 is 10.1 Å². The van der Waals surface area contributed by atoms with E-state index in [1.807, 2.05) is 36.4 Å². The normalized spacial score (nSPS) is 11.6. The van der Waals surface area contributed by atoms with E-state index in [4.69, 9.17) is 4.74 Å². The Morgan fingerprint density at radius 3 is 2.68 bits per heavy atom. The topological polar surface area (TPSA) is 38.3 Å². The number of carbonyl (C=O) groups excluding carboxylic acids is 1. The van der Waals surface area contributed by atoms with Crippen LogP contribution in [0.1, 0.15) is 24.9 Å². The van der Waals surface area contributed by atoms with Crippen LogP contribution in [-0.2, 0) is 9.53 Å².